The SMILES string of the molecule is CCC(CC1CCCN1c1ccc(C(C)=N)c(F)c1)OC/C(C(=N)c1ccccc1C)=C(/O)C1CC1. The van der Waals surface area contributed by atoms with Crippen LogP contribution in [0, 0.1) is 29.5 Å². The maximum Gasteiger partial charge on any atom is 0.134 e. The summed E-state index contributed by atoms with van der Waals surface area (Å²) in [6.45, 7) is 6.76. The molecule has 0 amide bonds. The lowest BCUT2D eigenvalue weighted by molar-refractivity contribution is 0.0563. The zero-order valence-electron chi connectivity index (χ0n) is 21.6. The minimum atomic E-state index is -0.353. The van der Waals surface area contributed by atoms with Crippen molar-refractivity contribution in [2.45, 2.75) is 71.4 Å². The molecular weight excluding hydrogens is 453 g/mol. The van der Waals surface area contributed by atoms with Crippen LogP contribution in [0.1, 0.15) is 69.1 Å². The Bertz CT molecular complexity index is 1150. The van der Waals surface area contributed by atoms with Crippen LogP contribution in [-0.4, -0.2) is 41.8 Å². The van der Waals surface area contributed by atoms with Crippen molar-refractivity contribution < 1.29 is 14.2 Å². The molecule has 2 unspecified atom stereocenters. The number of anilines is 1. The highest BCUT2D eigenvalue weighted by molar-refractivity contribution is 6.12. The molecular formula is C30H38FN3O2. The van der Waals surface area contributed by atoms with Crippen molar-refractivity contribution in [3.63, 3.8) is 0 Å². The van der Waals surface area contributed by atoms with Crippen LogP contribution in [0.25, 0.3) is 0 Å². The zero-order valence-corrected chi connectivity index (χ0v) is 21.6. The first-order valence-electron chi connectivity index (χ1n) is 13.1. The molecule has 0 radical (unpaired) electrons. The van der Waals surface area contributed by atoms with Crippen LogP contribution in [0.3, 0.4) is 0 Å². The van der Waals surface area contributed by atoms with Crippen molar-refractivity contribution in [2.75, 3.05) is 18.1 Å². The Balaban J connectivity index is 1.46. The largest absolute Gasteiger partial charge is 0.512 e. The molecule has 192 valence electrons. The minimum absolute atomic E-state index is 0.0322. The Kier molecular flexibility index (Phi) is 8.24. The highest BCUT2D eigenvalue weighted by atomic mass is 19.1. The summed E-state index contributed by atoms with van der Waals surface area (Å²) in [4.78, 5) is 2.26. The molecule has 0 spiro atoms. The predicted octanol–water partition coefficient (Wildman–Crippen LogP) is 6.97. The molecule has 2 fully saturated rings. The van der Waals surface area contributed by atoms with E-state index in [1.54, 1.807) is 19.1 Å². The van der Waals surface area contributed by atoms with Crippen LogP contribution in [-0.2, 0) is 4.74 Å². The van der Waals surface area contributed by atoms with E-state index in [2.05, 4.69) is 11.8 Å². The Morgan fingerprint density at radius 3 is 2.53 bits per heavy atom. The van der Waals surface area contributed by atoms with Gasteiger partial charge in [0.25, 0.3) is 0 Å². The topological polar surface area (TPSA) is 80.4 Å². The lowest BCUT2D eigenvalue weighted by atomic mass is 9.96. The fourth-order valence-corrected chi connectivity index (χ4v) is 5.16. The van der Waals surface area contributed by atoms with Crippen molar-refractivity contribution in [3.8, 4) is 0 Å². The zero-order chi connectivity index (χ0) is 25.8. The van der Waals surface area contributed by atoms with Crippen molar-refractivity contribution in [3.05, 3.63) is 76.3 Å². The Labute approximate surface area is 214 Å². The van der Waals surface area contributed by atoms with E-state index in [0.29, 0.717) is 22.6 Å². The van der Waals surface area contributed by atoms with E-state index in [4.69, 9.17) is 15.6 Å². The molecule has 3 N–H and O–H groups in total. The average molecular weight is 492 g/mol. The van der Waals surface area contributed by atoms with Gasteiger partial charge in [-0.05, 0) is 76.1 Å². The quantitative estimate of drug-likeness (QED) is 0.235. The van der Waals surface area contributed by atoms with Gasteiger partial charge in [0.1, 0.15) is 11.6 Å². The molecule has 6 heteroatoms. The van der Waals surface area contributed by atoms with Crippen LogP contribution in [0.5, 0.6) is 0 Å². The van der Waals surface area contributed by atoms with E-state index in [1.807, 2.05) is 37.3 Å². The maximum absolute atomic E-state index is 14.6. The summed E-state index contributed by atoms with van der Waals surface area (Å²) < 4.78 is 20.9. The van der Waals surface area contributed by atoms with Crippen LogP contribution >= 0.6 is 0 Å². The van der Waals surface area contributed by atoms with Crippen molar-refractivity contribution >= 4 is 17.1 Å². The number of aliphatic hydroxyl groups is 1. The number of nitrogens with zero attached hydrogens (tertiary/aromatic N) is 1. The molecule has 1 aliphatic carbocycles. The molecule has 1 saturated carbocycles. The Hall–Kier alpha value is -2.99. The number of aryl methyl sites for hydroxylation is 1. The van der Waals surface area contributed by atoms with E-state index in [9.17, 15) is 9.50 Å². The second-order valence-electron chi connectivity index (χ2n) is 10.2. The first-order chi connectivity index (χ1) is 17.3. The maximum atomic E-state index is 14.6. The van der Waals surface area contributed by atoms with Gasteiger partial charge < -0.3 is 20.2 Å². The molecule has 4 rings (SSSR count). The third-order valence-electron chi connectivity index (χ3n) is 7.51. The molecule has 1 aliphatic heterocycles. The standard InChI is InChI=1S/C30H38FN3O2/c1-4-24(16-22-9-7-15-34(22)23-13-14-26(20(3)32)28(31)17-23)36-18-27(30(35)21-11-12-21)29(33)25-10-6-5-8-19(25)2/h5-6,8,10,13-14,17,21-22,24,32-33,35H,4,7,9,11-12,15-16,18H2,1-3H3/b30-27-,32-20?,33-29?. The van der Waals surface area contributed by atoms with Gasteiger partial charge in [-0.25, -0.2) is 4.39 Å². The number of hydrogen-bond acceptors (Lipinski definition) is 5. The highest BCUT2D eigenvalue weighted by Crippen LogP contribution is 2.37. The number of halogens is 1. The number of benzene rings is 2. The molecule has 0 aromatic heterocycles. The first-order valence-corrected chi connectivity index (χ1v) is 13.1. The first kappa shape index (κ1) is 26.1. The van der Waals surface area contributed by atoms with Crippen molar-refractivity contribution in [1.29, 1.82) is 10.8 Å². The van der Waals surface area contributed by atoms with E-state index < -0.39 is 0 Å². The summed E-state index contributed by atoms with van der Waals surface area (Å²) in [7, 11) is 0. The van der Waals surface area contributed by atoms with Crippen LogP contribution in [0.15, 0.2) is 53.8 Å². The van der Waals surface area contributed by atoms with Crippen LogP contribution in [0.2, 0.25) is 0 Å². The van der Waals surface area contributed by atoms with Crippen LogP contribution in [0.4, 0.5) is 10.1 Å². The molecule has 0 bridgehead atoms. The summed E-state index contributed by atoms with van der Waals surface area (Å²) in [6.07, 6.45) is 5.56. The molecule has 5 nitrogen and oxygen atoms in total. The predicted molar refractivity (Wildman–Crippen MR) is 144 cm³/mol. The van der Waals surface area contributed by atoms with Gasteiger partial charge in [-0.2, -0.15) is 0 Å². The summed E-state index contributed by atoms with van der Waals surface area (Å²) in [5.74, 6) is 0.0903. The summed E-state index contributed by atoms with van der Waals surface area (Å²) in [5, 5.41) is 27.5. The number of hydrogen-bond donors (Lipinski definition) is 3. The van der Waals surface area contributed by atoms with E-state index in [1.165, 1.54) is 0 Å². The van der Waals surface area contributed by atoms with Gasteiger partial charge in [0.2, 0.25) is 0 Å². The van der Waals surface area contributed by atoms with Gasteiger partial charge in [-0.1, -0.05) is 31.2 Å². The number of rotatable bonds is 11. The fraction of sp³-hybridized carbons (Fsp3) is 0.467. The number of nitrogens with one attached hydrogen (secondary N) is 2. The Morgan fingerprint density at radius 2 is 1.89 bits per heavy atom. The van der Waals surface area contributed by atoms with Crippen molar-refractivity contribution in [2.24, 2.45) is 5.92 Å². The Morgan fingerprint density at radius 1 is 1.14 bits per heavy atom. The summed E-state index contributed by atoms with van der Waals surface area (Å²) in [6, 6.07) is 13.2. The second kappa shape index (κ2) is 11.4. The summed E-state index contributed by atoms with van der Waals surface area (Å²) in [5.41, 5.74) is 4.18. The van der Waals surface area contributed by atoms with Gasteiger partial charge in [-0.3, -0.25) is 5.41 Å². The summed E-state index contributed by atoms with van der Waals surface area (Å²) >= 11 is 0. The third kappa shape index (κ3) is 5.86. The lowest BCUT2D eigenvalue weighted by Crippen LogP contribution is -2.33. The molecule has 2 aromatic carbocycles. The van der Waals surface area contributed by atoms with E-state index >= 15 is 0 Å². The van der Waals surface area contributed by atoms with Crippen molar-refractivity contribution in [1.82, 2.24) is 0 Å². The molecule has 36 heavy (non-hydrogen) atoms. The molecule has 1 saturated heterocycles. The van der Waals surface area contributed by atoms with Crippen LogP contribution < -0.4 is 4.90 Å². The minimum Gasteiger partial charge on any atom is -0.512 e. The molecule has 2 aromatic rings. The molecule has 2 atom stereocenters. The van der Waals surface area contributed by atoms with Gasteiger partial charge in [0.15, 0.2) is 0 Å². The smallest absolute Gasteiger partial charge is 0.134 e. The average Bonchev–Trinajstić information content (AvgIpc) is 3.61. The van der Waals surface area contributed by atoms with E-state index in [0.717, 1.165) is 61.9 Å². The third-order valence-corrected chi connectivity index (χ3v) is 7.51. The van der Waals surface area contributed by atoms with Gasteiger partial charge in [-0.15, -0.1) is 0 Å². The number of ether oxygens (including phenoxy) is 1. The molecule has 2 aliphatic rings. The number of allylic oxidation sites excluding steroid dienone is 1. The monoisotopic (exact) mass is 491 g/mol. The molecule has 1 heterocycles. The van der Waals surface area contributed by atoms with Gasteiger partial charge >= 0.3 is 0 Å². The lowest BCUT2D eigenvalue weighted by Gasteiger charge is -2.30. The van der Waals surface area contributed by atoms with Gasteiger partial charge in [0.05, 0.1) is 18.4 Å². The fourth-order valence-electron chi connectivity index (χ4n) is 5.16. The normalized spacial score (nSPS) is 19.2. The van der Waals surface area contributed by atoms with Gasteiger partial charge in [0, 0.05) is 46.6 Å². The second-order valence-corrected chi connectivity index (χ2v) is 10.2. The highest BCUT2D eigenvalue weighted by Gasteiger charge is 2.32. The van der Waals surface area contributed by atoms with E-state index in [-0.39, 0.29) is 36.2 Å². The number of aliphatic hydroxyl groups excluding tert-OH is 1.